The fourth-order valence-corrected chi connectivity index (χ4v) is 3.35. The molecule has 2 heteroatoms. The summed E-state index contributed by atoms with van der Waals surface area (Å²) in [6.07, 6.45) is 8.53. The molecule has 0 aromatic carbocycles. The van der Waals surface area contributed by atoms with Crippen LogP contribution in [0.2, 0.25) is 0 Å². The highest BCUT2D eigenvalue weighted by Gasteiger charge is 2.40. The third kappa shape index (κ3) is 2.52. The summed E-state index contributed by atoms with van der Waals surface area (Å²) >= 11 is 0. The maximum atomic E-state index is 13.3. The molecule has 0 aromatic rings. The van der Waals surface area contributed by atoms with E-state index in [1.807, 2.05) is 0 Å². The molecule has 2 heterocycles. The van der Waals surface area contributed by atoms with Gasteiger partial charge >= 0.3 is 0 Å². The molecule has 2 aliphatic heterocycles. The van der Waals surface area contributed by atoms with Gasteiger partial charge in [0.2, 0.25) is 0 Å². The van der Waals surface area contributed by atoms with E-state index >= 15 is 0 Å². The monoisotopic (exact) mass is 235 g/mol. The Balaban J connectivity index is 2.10. The summed E-state index contributed by atoms with van der Waals surface area (Å²) in [5, 5.41) is 0. The van der Waals surface area contributed by atoms with Gasteiger partial charge in [-0.05, 0) is 31.6 Å². The largest absolute Gasteiger partial charge is 0.293 e. The Morgan fingerprint density at radius 3 is 2.71 bits per heavy atom. The lowest BCUT2D eigenvalue weighted by atomic mass is 9.91. The van der Waals surface area contributed by atoms with E-state index in [-0.39, 0.29) is 5.83 Å². The zero-order chi connectivity index (χ0) is 12.4. The average Bonchev–Trinajstić information content (AvgIpc) is 2.58. The summed E-state index contributed by atoms with van der Waals surface area (Å²) in [6, 6.07) is 1.30. The summed E-state index contributed by atoms with van der Waals surface area (Å²) in [7, 11) is 0. The van der Waals surface area contributed by atoms with Crippen molar-refractivity contribution in [1.29, 1.82) is 0 Å². The van der Waals surface area contributed by atoms with Gasteiger partial charge in [0.05, 0.1) is 0 Å². The van der Waals surface area contributed by atoms with Crippen LogP contribution < -0.4 is 0 Å². The van der Waals surface area contributed by atoms with Crippen molar-refractivity contribution >= 4 is 0 Å². The Morgan fingerprint density at radius 1 is 1.35 bits per heavy atom. The molecular weight excluding hydrogens is 213 g/mol. The van der Waals surface area contributed by atoms with E-state index < -0.39 is 0 Å². The predicted octanol–water partition coefficient (Wildman–Crippen LogP) is 3.84. The number of halogens is 1. The van der Waals surface area contributed by atoms with E-state index in [4.69, 9.17) is 0 Å². The zero-order valence-corrected chi connectivity index (χ0v) is 10.7. The second-order valence-electron chi connectivity index (χ2n) is 5.36. The fourth-order valence-electron chi connectivity index (χ4n) is 3.35. The molecule has 0 amide bonds. The smallest absolute Gasteiger partial charge is 0.120 e. The van der Waals surface area contributed by atoms with Crippen molar-refractivity contribution in [1.82, 2.24) is 4.90 Å². The van der Waals surface area contributed by atoms with E-state index in [0.29, 0.717) is 24.2 Å². The average molecular weight is 235 g/mol. The number of fused-ring (bicyclic) bond motifs is 2. The third-order valence-electron chi connectivity index (χ3n) is 4.32. The minimum Gasteiger partial charge on any atom is -0.293 e. The molecule has 0 aliphatic carbocycles. The SMILES string of the molecule is C=C/C=C(/CN1C2CCC(C)C1CC2)C(=C)F. The number of rotatable bonds is 4. The molecule has 1 nitrogen and oxygen atoms in total. The molecule has 2 aliphatic rings. The minimum atomic E-state index is -0.317. The van der Waals surface area contributed by atoms with Crippen LogP contribution in [-0.2, 0) is 0 Å². The lowest BCUT2D eigenvalue weighted by Crippen LogP contribution is -2.44. The Bertz CT molecular complexity index is 345. The number of hydrogen-bond donors (Lipinski definition) is 0. The molecule has 0 radical (unpaired) electrons. The first kappa shape index (κ1) is 12.6. The molecule has 2 saturated heterocycles. The first-order chi connectivity index (χ1) is 8.13. The van der Waals surface area contributed by atoms with Crippen molar-refractivity contribution in [3.8, 4) is 0 Å². The summed E-state index contributed by atoms with van der Waals surface area (Å²) in [5.41, 5.74) is 0.686. The number of hydrogen-bond acceptors (Lipinski definition) is 1. The van der Waals surface area contributed by atoms with Crippen LogP contribution in [0.25, 0.3) is 0 Å². The van der Waals surface area contributed by atoms with Gasteiger partial charge in [-0.25, -0.2) is 4.39 Å². The molecule has 2 rings (SSSR count). The van der Waals surface area contributed by atoms with Crippen molar-refractivity contribution in [2.24, 2.45) is 5.92 Å². The molecule has 0 aromatic heterocycles. The van der Waals surface area contributed by atoms with Gasteiger partial charge in [0, 0.05) is 24.2 Å². The summed E-state index contributed by atoms with van der Waals surface area (Å²) < 4.78 is 13.3. The maximum absolute atomic E-state index is 13.3. The van der Waals surface area contributed by atoms with Crippen LogP contribution in [0.1, 0.15) is 32.6 Å². The summed E-state index contributed by atoms with van der Waals surface area (Å²) in [6.45, 7) is 10.1. The van der Waals surface area contributed by atoms with Crippen molar-refractivity contribution in [2.75, 3.05) is 6.54 Å². The van der Waals surface area contributed by atoms with E-state index in [9.17, 15) is 4.39 Å². The summed E-state index contributed by atoms with van der Waals surface area (Å²) in [4.78, 5) is 2.48. The van der Waals surface area contributed by atoms with Gasteiger partial charge in [-0.3, -0.25) is 4.90 Å². The molecule has 0 saturated carbocycles. The lowest BCUT2D eigenvalue weighted by Gasteiger charge is -2.39. The van der Waals surface area contributed by atoms with Crippen molar-refractivity contribution < 1.29 is 4.39 Å². The Kier molecular flexibility index (Phi) is 3.82. The van der Waals surface area contributed by atoms with Crippen LogP contribution in [0.5, 0.6) is 0 Å². The normalized spacial score (nSPS) is 33.8. The quantitative estimate of drug-likeness (QED) is 0.669. The van der Waals surface area contributed by atoms with Gasteiger partial charge in [0.15, 0.2) is 0 Å². The third-order valence-corrected chi connectivity index (χ3v) is 4.32. The number of piperidine rings is 1. The van der Waals surface area contributed by atoms with Crippen LogP contribution in [-0.4, -0.2) is 23.5 Å². The predicted molar refractivity (Wildman–Crippen MR) is 70.4 cm³/mol. The van der Waals surface area contributed by atoms with Crippen molar-refractivity contribution in [2.45, 2.75) is 44.7 Å². The fraction of sp³-hybridized carbons (Fsp3) is 0.600. The molecule has 3 atom stereocenters. The molecule has 94 valence electrons. The van der Waals surface area contributed by atoms with Gasteiger partial charge < -0.3 is 0 Å². The number of allylic oxidation sites excluding steroid dienone is 2. The topological polar surface area (TPSA) is 3.24 Å². The summed E-state index contributed by atoms with van der Waals surface area (Å²) in [5.74, 6) is 0.425. The molecule has 0 N–H and O–H groups in total. The second kappa shape index (κ2) is 5.18. The highest BCUT2D eigenvalue weighted by atomic mass is 19.1. The number of nitrogens with zero attached hydrogens (tertiary/aromatic N) is 1. The van der Waals surface area contributed by atoms with Crippen LogP contribution in [0.4, 0.5) is 4.39 Å². The van der Waals surface area contributed by atoms with E-state index in [1.165, 1.54) is 25.7 Å². The van der Waals surface area contributed by atoms with Crippen LogP contribution in [0.15, 0.2) is 36.7 Å². The minimum absolute atomic E-state index is 0.317. The van der Waals surface area contributed by atoms with Crippen molar-refractivity contribution in [3.63, 3.8) is 0 Å². The Hall–Kier alpha value is -0.890. The maximum Gasteiger partial charge on any atom is 0.120 e. The molecule has 17 heavy (non-hydrogen) atoms. The van der Waals surface area contributed by atoms with Crippen molar-refractivity contribution in [3.05, 3.63) is 36.7 Å². The van der Waals surface area contributed by atoms with Crippen LogP contribution >= 0.6 is 0 Å². The lowest BCUT2D eigenvalue weighted by molar-refractivity contribution is 0.110. The first-order valence-corrected chi connectivity index (χ1v) is 6.55. The molecule has 3 unspecified atom stereocenters. The van der Waals surface area contributed by atoms with E-state index in [1.54, 1.807) is 12.2 Å². The van der Waals surface area contributed by atoms with Gasteiger partial charge in [-0.1, -0.05) is 32.2 Å². The Morgan fingerprint density at radius 2 is 2.06 bits per heavy atom. The molecular formula is C15H22FN. The van der Waals surface area contributed by atoms with Crippen LogP contribution in [0, 0.1) is 5.92 Å². The van der Waals surface area contributed by atoms with Gasteiger partial charge in [0.25, 0.3) is 0 Å². The van der Waals surface area contributed by atoms with Gasteiger partial charge in [-0.15, -0.1) is 0 Å². The van der Waals surface area contributed by atoms with E-state index in [2.05, 4.69) is 25.0 Å². The van der Waals surface area contributed by atoms with Gasteiger partial charge in [0.1, 0.15) is 5.83 Å². The first-order valence-electron chi connectivity index (χ1n) is 6.55. The second-order valence-corrected chi connectivity index (χ2v) is 5.36. The zero-order valence-electron chi connectivity index (χ0n) is 10.7. The molecule has 0 spiro atoms. The molecule has 2 bridgehead atoms. The van der Waals surface area contributed by atoms with E-state index in [0.717, 1.165) is 5.92 Å². The molecule has 2 fully saturated rings. The van der Waals surface area contributed by atoms with Crippen LogP contribution in [0.3, 0.4) is 0 Å². The van der Waals surface area contributed by atoms with Gasteiger partial charge in [-0.2, -0.15) is 0 Å². The Labute approximate surface area is 104 Å². The highest BCUT2D eigenvalue weighted by molar-refractivity contribution is 5.28. The highest BCUT2D eigenvalue weighted by Crippen LogP contribution is 2.39. The standard InChI is InChI=1S/C15H22FN/c1-4-5-13(12(3)16)10-17-14-7-6-11(2)15(17)9-8-14/h4-5,11,14-15H,1,3,6-10H2,2H3/b13-5-.